The van der Waals surface area contributed by atoms with Crippen LogP contribution in [0.25, 0.3) is 0 Å². The molecule has 0 aliphatic heterocycles. The van der Waals surface area contributed by atoms with E-state index in [9.17, 15) is 13.5 Å². The van der Waals surface area contributed by atoms with E-state index in [4.69, 9.17) is 10.3 Å². The van der Waals surface area contributed by atoms with E-state index in [1.165, 1.54) is 96.3 Å². The van der Waals surface area contributed by atoms with Crippen LogP contribution in [-0.2, 0) is 10.1 Å². The van der Waals surface area contributed by atoms with Crippen LogP contribution in [0.1, 0.15) is 135 Å². The molecule has 28 heavy (non-hydrogen) atoms. The van der Waals surface area contributed by atoms with Crippen molar-refractivity contribution < 1.29 is 18.1 Å². The van der Waals surface area contributed by atoms with E-state index in [0.717, 1.165) is 19.3 Å². The quantitative estimate of drug-likeness (QED) is 0.115. The summed E-state index contributed by atoms with van der Waals surface area (Å²) in [5.41, 5.74) is 5.19. The molecule has 6 heteroatoms. The van der Waals surface area contributed by atoms with E-state index in [-0.39, 0.29) is 6.42 Å². The van der Waals surface area contributed by atoms with Gasteiger partial charge in [-0.15, -0.1) is 0 Å². The van der Waals surface area contributed by atoms with E-state index in [2.05, 4.69) is 6.92 Å². The third kappa shape index (κ3) is 16.8. The van der Waals surface area contributed by atoms with Gasteiger partial charge in [0.25, 0.3) is 0 Å². The molecule has 0 aliphatic carbocycles. The zero-order valence-corrected chi connectivity index (χ0v) is 19.2. The average molecular weight is 422 g/mol. The van der Waals surface area contributed by atoms with E-state index in [1.54, 1.807) is 0 Å². The van der Waals surface area contributed by atoms with Gasteiger partial charge in [-0.2, -0.15) is 8.42 Å². The summed E-state index contributed by atoms with van der Waals surface area (Å²) in [6.07, 6.45) is 23.9. The number of unbranched alkanes of at least 4 members (excludes halogenated alkanes) is 18. The van der Waals surface area contributed by atoms with E-state index < -0.39 is 15.2 Å². The fourth-order valence-electron chi connectivity index (χ4n) is 3.59. The molecule has 0 spiro atoms. The molecule has 0 aromatic heterocycles. The zero-order valence-electron chi connectivity index (χ0n) is 18.3. The van der Waals surface area contributed by atoms with Crippen molar-refractivity contribution in [2.45, 2.75) is 140 Å². The SMILES string of the molecule is CCCCCCCCCCCCCCCCCCCCCC(N)(O)S(=O)(=O)O. The second kappa shape index (κ2) is 17.7. The first kappa shape index (κ1) is 27.8. The summed E-state index contributed by atoms with van der Waals surface area (Å²) < 4.78 is 30.5. The average Bonchev–Trinajstić information content (AvgIpc) is 2.62. The van der Waals surface area contributed by atoms with Gasteiger partial charge < -0.3 is 5.11 Å². The van der Waals surface area contributed by atoms with Gasteiger partial charge in [0.05, 0.1) is 0 Å². The minimum atomic E-state index is -4.59. The Labute approximate surface area is 174 Å². The Morgan fingerprint density at radius 2 is 0.857 bits per heavy atom. The summed E-state index contributed by atoms with van der Waals surface area (Å²) in [6.45, 7) is 2.27. The van der Waals surface area contributed by atoms with Crippen LogP contribution in [0, 0.1) is 0 Å². The monoisotopic (exact) mass is 421 g/mol. The molecule has 0 aromatic rings. The minimum absolute atomic E-state index is 0.120. The van der Waals surface area contributed by atoms with Crippen molar-refractivity contribution in [2.24, 2.45) is 5.73 Å². The lowest BCUT2D eigenvalue weighted by Gasteiger charge is -2.18. The molecular formula is C22H47NO4S. The summed E-state index contributed by atoms with van der Waals surface area (Å²) in [7, 11) is -4.59. The predicted octanol–water partition coefficient (Wildman–Crippen LogP) is 6.30. The molecule has 5 nitrogen and oxygen atoms in total. The highest BCUT2D eigenvalue weighted by Gasteiger charge is 2.35. The Morgan fingerprint density at radius 3 is 1.11 bits per heavy atom. The lowest BCUT2D eigenvalue weighted by Crippen LogP contribution is -2.47. The van der Waals surface area contributed by atoms with Gasteiger partial charge in [0.1, 0.15) is 0 Å². The second-order valence-electron chi connectivity index (χ2n) is 8.43. The first-order chi connectivity index (χ1) is 13.3. The van der Waals surface area contributed by atoms with E-state index in [1.807, 2.05) is 0 Å². The Kier molecular flexibility index (Phi) is 17.6. The largest absolute Gasteiger partial charge is 0.361 e. The van der Waals surface area contributed by atoms with Crippen molar-refractivity contribution in [1.82, 2.24) is 0 Å². The van der Waals surface area contributed by atoms with Crippen molar-refractivity contribution in [3.8, 4) is 0 Å². The van der Waals surface area contributed by atoms with Crippen LogP contribution in [0.2, 0.25) is 0 Å². The lowest BCUT2D eigenvalue weighted by molar-refractivity contribution is 0.107. The standard InChI is InChI=1S/C22H47NO4S/c1-2-3-4-5-6-7-8-9-10-11-12-13-14-15-16-17-18-19-20-21-22(23,24)28(25,26)27/h24H,2-21,23H2,1H3,(H,25,26,27). The number of hydrogen-bond acceptors (Lipinski definition) is 4. The van der Waals surface area contributed by atoms with Crippen molar-refractivity contribution in [3.05, 3.63) is 0 Å². The zero-order chi connectivity index (χ0) is 21.1. The van der Waals surface area contributed by atoms with Crippen LogP contribution in [0.15, 0.2) is 0 Å². The Balaban J connectivity index is 3.20. The smallest absolute Gasteiger partial charge is 0.309 e. The molecule has 0 heterocycles. The van der Waals surface area contributed by atoms with Gasteiger partial charge in [0, 0.05) is 6.42 Å². The molecule has 0 radical (unpaired) electrons. The molecule has 0 bridgehead atoms. The van der Waals surface area contributed by atoms with Gasteiger partial charge in [0.15, 0.2) is 0 Å². The molecule has 1 unspecified atom stereocenters. The normalized spacial score (nSPS) is 14.3. The van der Waals surface area contributed by atoms with Crippen molar-refractivity contribution in [2.75, 3.05) is 0 Å². The first-order valence-electron chi connectivity index (χ1n) is 11.8. The molecular weight excluding hydrogens is 374 g/mol. The molecule has 4 N–H and O–H groups in total. The minimum Gasteiger partial charge on any atom is -0.361 e. The Bertz CT molecular complexity index is 438. The molecule has 0 amide bonds. The molecule has 1 atom stereocenters. The van der Waals surface area contributed by atoms with Crippen molar-refractivity contribution >= 4 is 10.1 Å². The molecule has 0 aromatic carbocycles. The van der Waals surface area contributed by atoms with Gasteiger partial charge in [-0.1, -0.05) is 122 Å². The highest BCUT2D eigenvalue weighted by atomic mass is 32.2. The van der Waals surface area contributed by atoms with Crippen LogP contribution in [0.5, 0.6) is 0 Å². The first-order valence-corrected chi connectivity index (χ1v) is 13.2. The van der Waals surface area contributed by atoms with Crippen LogP contribution >= 0.6 is 0 Å². The maximum Gasteiger partial charge on any atom is 0.309 e. The highest BCUT2D eigenvalue weighted by molar-refractivity contribution is 7.87. The second-order valence-corrected chi connectivity index (χ2v) is 10.1. The van der Waals surface area contributed by atoms with Gasteiger partial charge in [-0.05, 0) is 6.42 Å². The van der Waals surface area contributed by atoms with Crippen LogP contribution in [0.4, 0.5) is 0 Å². The van der Waals surface area contributed by atoms with Crippen LogP contribution in [-0.4, -0.2) is 23.1 Å². The Hall–Kier alpha value is -0.170. The van der Waals surface area contributed by atoms with Gasteiger partial charge in [-0.3, -0.25) is 10.3 Å². The summed E-state index contributed by atoms with van der Waals surface area (Å²) in [5.74, 6) is 0. The summed E-state index contributed by atoms with van der Waals surface area (Å²) in [5, 5.41) is 6.94. The number of nitrogens with two attached hydrogens (primary N) is 1. The summed E-state index contributed by atoms with van der Waals surface area (Å²) in [6, 6.07) is 0. The number of aliphatic hydroxyl groups is 1. The maximum atomic E-state index is 10.9. The third-order valence-corrected chi connectivity index (χ3v) is 6.68. The predicted molar refractivity (Wildman–Crippen MR) is 119 cm³/mol. The van der Waals surface area contributed by atoms with E-state index >= 15 is 0 Å². The molecule has 0 rings (SSSR count). The highest BCUT2D eigenvalue weighted by Crippen LogP contribution is 2.17. The molecule has 0 fully saturated rings. The number of hydrogen-bond donors (Lipinski definition) is 3. The third-order valence-electron chi connectivity index (χ3n) is 5.59. The summed E-state index contributed by atoms with van der Waals surface area (Å²) >= 11 is 0. The fourth-order valence-corrected chi connectivity index (χ4v) is 3.99. The van der Waals surface area contributed by atoms with Gasteiger partial charge >= 0.3 is 10.1 Å². The molecule has 0 saturated carbocycles. The van der Waals surface area contributed by atoms with Gasteiger partial charge in [0.2, 0.25) is 5.06 Å². The maximum absolute atomic E-state index is 10.9. The molecule has 0 aliphatic rings. The van der Waals surface area contributed by atoms with Gasteiger partial charge in [-0.25, -0.2) is 0 Å². The Morgan fingerprint density at radius 1 is 0.607 bits per heavy atom. The molecule has 0 saturated heterocycles. The number of rotatable bonds is 21. The topological polar surface area (TPSA) is 101 Å². The van der Waals surface area contributed by atoms with Crippen molar-refractivity contribution in [3.63, 3.8) is 0 Å². The fraction of sp³-hybridized carbons (Fsp3) is 1.00. The molecule has 170 valence electrons. The van der Waals surface area contributed by atoms with Crippen LogP contribution < -0.4 is 5.73 Å². The van der Waals surface area contributed by atoms with Crippen molar-refractivity contribution in [1.29, 1.82) is 0 Å². The lowest BCUT2D eigenvalue weighted by atomic mass is 10.0. The summed E-state index contributed by atoms with van der Waals surface area (Å²) in [4.78, 5) is 0. The van der Waals surface area contributed by atoms with E-state index in [0.29, 0.717) is 6.42 Å². The van der Waals surface area contributed by atoms with Crippen LogP contribution in [0.3, 0.4) is 0 Å².